The zero-order valence-electron chi connectivity index (χ0n) is 19.4. The van der Waals surface area contributed by atoms with Gasteiger partial charge in [-0.25, -0.2) is 8.42 Å². The van der Waals surface area contributed by atoms with E-state index in [1.807, 2.05) is 42.2 Å². The van der Waals surface area contributed by atoms with Gasteiger partial charge in [-0.15, -0.1) is 0 Å². The van der Waals surface area contributed by atoms with Gasteiger partial charge >= 0.3 is 0 Å². The minimum atomic E-state index is -3.77. The zero-order valence-corrected chi connectivity index (χ0v) is 20.3. The van der Waals surface area contributed by atoms with Gasteiger partial charge in [-0.1, -0.05) is 18.2 Å². The molecule has 34 heavy (non-hydrogen) atoms. The first kappa shape index (κ1) is 23.6. The maximum Gasteiger partial charge on any atom is 0.261 e. The average molecular weight is 481 g/mol. The molecule has 178 valence electrons. The van der Waals surface area contributed by atoms with Crippen LogP contribution in [0.5, 0.6) is 11.5 Å². The topological polar surface area (TPSA) is 84.9 Å². The number of ether oxygens (including phenoxy) is 2. The Morgan fingerprint density at radius 3 is 2.41 bits per heavy atom. The molecule has 1 amide bonds. The predicted molar refractivity (Wildman–Crippen MR) is 131 cm³/mol. The number of anilines is 1. The highest BCUT2D eigenvalue weighted by molar-refractivity contribution is 7.92. The fourth-order valence-electron chi connectivity index (χ4n) is 4.27. The van der Waals surface area contributed by atoms with Crippen molar-refractivity contribution in [3.05, 3.63) is 83.4 Å². The number of aryl methyl sites for hydroxylation is 1. The monoisotopic (exact) mass is 480 g/mol. The number of para-hydroxylation sites is 1. The van der Waals surface area contributed by atoms with Crippen LogP contribution in [0.2, 0.25) is 0 Å². The molecule has 1 unspecified atom stereocenters. The molecule has 1 heterocycles. The smallest absolute Gasteiger partial charge is 0.261 e. The third-order valence-corrected chi connectivity index (χ3v) is 7.49. The van der Waals surface area contributed by atoms with Gasteiger partial charge in [0.25, 0.3) is 15.9 Å². The first-order valence-corrected chi connectivity index (χ1v) is 12.5. The Balaban J connectivity index is 1.56. The van der Waals surface area contributed by atoms with Crippen LogP contribution < -0.4 is 14.2 Å². The van der Waals surface area contributed by atoms with Crippen LogP contribution in [0.4, 0.5) is 5.69 Å². The number of benzene rings is 3. The first-order chi connectivity index (χ1) is 16.3. The SMILES string of the molecule is COc1ccc(OC)c(C2CCCN2C(=O)c2ccc(S(=O)(=O)Nc3ccccc3C)cc2)c1. The predicted octanol–water partition coefficient (Wildman–Crippen LogP) is 4.79. The Labute approximate surface area is 200 Å². The highest BCUT2D eigenvalue weighted by atomic mass is 32.2. The lowest BCUT2D eigenvalue weighted by Gasteiger charge is -2.27. The Morgan fingerprint density at radius 2 is 1.74 bits per heavy atom. The molecular formula is C26H28N2O5S. The van der Waals surface area contributed by atoms with Crippen LogP contribution in [0.15, 0.2) is 71.6 Å². The van der Waals surface area contributed by atoms with E-state index in [1.54, 1.807) is 38.5 Å². The van der Waals surface area contributed by atoms with E-state index in [4.69, 9.17) is 9.47 Å². The van der Waals surface area contributed by atoms with E-state index in [-0.39, 0.29) is 16.8 Å². The summed E-state index contributed by atoms with van der Waals surface area (Å²) >= 11 is 0. The minimum absolute atomic E-state index is 0.0970. The maximum absolute atomic E-state index is 13.4. The summed E-state index contributed by atoms with van der Waals surface area (Å²) in [5, 5.41) is 0. The number of nitrogens with zero attached hydrogens (tertiary/aromatic N) is 1. The molecule has 1 fully saturated rings. The van der Waals surface area contributed by atoms with Crippen molar-refractivity contribution in [1.29, 1.82) is 0 Å². The van der Waals surface area contributed by atoms with Crippen molar-refractivity contribution in [2.75, 3.05) is 25.5 Å². The summed E-state index contributed by atoms with van der Waals surface area (Å²) in [6.45, 7) is 2.45. The largest absolute Gasteiger partial charge is 0.497 e. The van der Waals surface area contributed by atoms with Crippen LogP contribution in [0.25, 0.3) is 0 Å². The van der Waals surface area contributed by atoms with Crippen LogP contribution in [0, 0.1) is 6.92 Å². The van der Waals surface area contributed by atoms with Gasteiger partial charge in [-0.3, -0.25) is 9.52 Å². The average Bonchev–Trinajstić information content (AvgIpc) is 3.34. The number of methoxy groups -OCH3 is 2. The lowest BCUT2D eigenvalue weighted by Crippen LogP contribution is -2.30. The van der Waals surface area contributed by atoms with Gasteiger partial charge in [0.15, 0.2) is 0 Å². The lowest BCUT2D eigenvalue weighted by atomic mass is 10.0. The highest BCUT2D eigenvalue weighted by Gasteiger charge is 2.33. The van der Waals surface area contributed by atoms with Crippen LogP contribution in [-0.2, 0) is 10.0 Å². The van der Waals surface area contributed by atoms with Gasteiger partial charge in [0.1, 0.15) is 11.5 Å². The number of hydrogen-bond acceptors (Lipinski definition) is 5. The molecule has 0 saturated carbocycles. The molecule has 0 radical (unpaired) electrons. The molecule has 3 aromatic rings. The Hall–Kier alpha value is -3.52. The number of rotatable bonds is 7. The van der Waals surface area contributed by atoms with Crippen molar-refractivity contribution < 1.29 is 22.7 Å². The van der Waals surface area contributed by atoms with Crippen molar-refractivity contribution in [3.8, 4) is 11.5 Å². The number of carbonyl (C=O) groups excluding carboxylic acids is 1. The number of nitrogens with one attached hydrogen (secondary N) is 1. The molecule has 0 bridgehead atoms. The van der Waals surface area contributed by atoms with Gasteiger partial charge < -0.3 is 14.4 Å². The summed E-state index contributed by atoms with van der Waals surface area (Å²) in [7, 11) is -0.562. The van der Waals surface area contributed by atoms with E-state index >= 15 is 0 Å². The molecule has 1 aliphatic heterocycles. The third-order valence-electron chi connectivity index (χ3n) is 6.11. The van der Waals surface area contributed by atoms with Crippen LogP contribution in [-0.4, -0.2) is 40.0 Å². The van der Waals surface area contributed by atoms with E-state index in [2.05, 4.69) is 4.72 Å². The van der Waals surface area contributed by atoms with Gasteiger partial charge in [-0.2, -0.15) is 0 Å². The van der Waals surface area contributed by atoms with Gasteiger partial charge in [0.05, 0.1) is 30.8 Å². The van der Waals surface area contributed by atoms with E-state index in [0.29, 0.717) is 29.3 Å². The summed E-state index contributed by atoms with van der Waals surface area (Å²) in [6.07, 6.45) is 1.67. The molecule has 7 nitrogen and oxygen atoms in total. The molecule has 8 heteroatoms. The number of amides is 1. The van der Waals surface area contributed by atoms with Crippen LogP contribution in [0.1, 0.15) is 40.4 Å². The molecular weight excluding hydrogens is 452 g/mol. The van der Waals surface area contributed by atoms with Crippen LogP contribution in [0.3, 0.4) is 0 Å². The molecule has 0 aliphatic carbocycles. The second kappa shape index (κ2) is 9.77. The summed E-state index contributed by atoms with van der Waals surface area (Å²) in [5.41, 5.74) is 2.68. The molecule has 0 spiro atoms. The number of carbonyl (C=O) groups is 1. The Morgan fingerprint density at radius 1 is 1.00 bits per heavy atom. The Bertz CT molecular complexity index is 1290. The summed E-state index contributed by atoms with van der Waals surface area (Å²) < 4.78 is 39.2. The molecule has 1 aliphatic rings. The standard InChI is InChI=1S/C26H28N2O5S/c1-18-7-4-5-8-23(18)27-34(30,31)21-13-10-19(11-14-21)26(29)28-16-6-9-24(28)22-17-20(32-2)12-15-25(22)33-3/h4-5,7-8,10-15,17,24,27H,6,9,16H2,1-3H3. The summed E-state index contributed by atoms with van der Waals surface area (Å²) in [6, 6.07) is 18.6. The second-order valence-corrected chi connectivity index (χ2v) is 9.89. The molecule has 3 aromatic carbocycles. The van der Waals surface area contributed by atoms with Crippen molar-refractivity contribution in [1.82, 2.24) is 4.90 Å². The van der Waals surface area contributed by atoms with E-state index in [1.165, 1.54) is 12.1 Å². The van der Waals surface area contributed by atoms with Gasteiger partial charge in [-0.05, 0) is 73.9 Å². The first-order valence-electron chi connectivity index (χ1n) is 11.1. The zero-order chi connectivity index (χ0) is 24.3. The number of hydrogen-bond donors (Lipinski definition) is 1. The fraction of sp³-hybridized carbons (Fsp3) is 0.269. The fourth-order valence-corrected chi connectivity index (χ4v) is 5.40. The van der Waals surface area contributed by atoms with Gasteiger partial charge in [0, 0.05) is 17.7 Å². The van der Waals surface area contributed by atoms with E-state index < -0.39 is 10.0 Å². The van der Waals surface area contributed by atoms with E-state index in [9.17, 15) is 13.2 Å². The second-order valence-electron chi connectivity index (χ2n) is 8.21. The van der Waals surface area contributed by atoms with Crippen molar-refractivity contribution in [2.24, 2.45) is 0 Å². The van der Waals surface area contributed by atoms with Crippen molar-refractivity contribution in [2.45, 2.75) is 30.7 Å². The lowest BCUT2D eigenvalue weighted by molar-refractivity contribution is 0.0734. The summed E-state index contributed by atoms with van der Waals surface area (Å²) in [4.78, 5) is 15.3. The number of likely N-dealkylation sites (tertiary alicyclic amines) is 1. The molecule has 1 saturated heterocycles. The molecule has 0 aromatic heterocycles. The van der Waals surface area contributed by atoms with Gasteiger partial charge in [0.2, 0.25) is 0 Å². The quantitative estimate of drug-likeness (QED) is 0.526. The third kappa shape index (κ3) is 4.72. The minimum Gasteiger partial charge on any atom is -0.497 e. The maximum atomic E-state index is 13.4. The highest BCUT2D eigenvalue weighted by Crippen LogP contribution is 2.39. The van der Waals surface area contributed by atoms with E-state index in [0.717, 1.165) is 24.0 Å². The molecule has 1 atom stereocenters. The number of sulfonamides is 1. The van der Waals surface area contributed by atoms with Crippen molar-refractivity contribution >= 4 is 21.6 Å². The molecule has 4 rings (SSSR count). The normalized spacial score (nSPS) is 15.7. The van der Waals surface area contributed by atoms with Crippen molar-refractivity contribution in [3.63, 3.8) is 0 Å². The Kier molecular flexibility index (Phi) is 6.79. The summed E-state index contributed by atoms with van der Waals surface area (Å²) in [5.74, 6) is 1.25. The van der Waals surface area contributed by atoms with Crippen LogP contribution >= 0.6 is 0 Å². The molecule has 1 N–H and O–H groups in total.